The number of rotatable bonds is 5. The second-order valence-electron chi connectivity index (χ2n) is 4.38. The standard InChI is InChI=1S/C14H14FN3O2/c1-18-9-12(8-16-18)17-14(20)7-6-13(19)10-2-4-11(15)5-3-10/h2-5,8-9H,6-7H2,1H3,(H,17,20). The first-order chi connectivity index (χ1) is 9.54. The van der Waals surface area contributed by atoms with Crippen molar-refractivity contribution in [3.63, 3.8) is 0 Å². The van der Waals surface area contributed by atoms with E-state index in [1.54, 1.807) is 17.9 Å². The van der Waals surface area contributed by atoms with Crippen LogP contribution in [0.3, 0.4) is 0 Å². The highest BCUT2D eigenvalue weighted by Gasteiger charge is 2.10. The second-order valence-corrected chi connectivity index (χ2v) is 4.38. The van der Waals surface area contributed by atoms with E-state index in [4.69, 9.17) is 0 Å². The molecule has 0 saturated carbocycles. The van der Waals surface area contributed by atoms with Crippen LogP contribution in [-0.2, 0) is 11.8 Å². The number of carbonyl (C=O) groups is 2. The van der Waals surface area contributed by atoms with E-state index < -0.39 is 5.82 Å². The van der Waals surface area contributed by atoms with Crippen LogP contribution >= 0.6 is 0 Å². The fourth-order valence-corrected chi connectivity index (χ4v) is 1.72. The van der Waals surface area contributed by atoms with Gasteiger partial charge in [-0.2, -0.15) is 5.10 Å². The number of aromatic nitrogens is 2. The summed E-state index contributed by atoms with van der Waals surface area (Å²) >= 11 is 0. The lowest BCUT2D eigenvalue weighted by molar-refractivity contribution is -0.116. The maximum atomic E-state index is 12.7. The van der Waals surface area contributed by atoms with Gasteiger partial charge >= 0.3 is 0 Å². The molecule has 0 aliphatic rings. The SMILES string of the molecule is Cn1cc(NC(=O)CCC(=O)c2ccc(F)cc2)cn1. The summed E-state index contributed by atoms with van der Waals surface area (Å²) in [4.78, 5) is 23.4. The zero-order valence-corrected chi connectivity index (χ0v) is 11.0. The fraction of sp³-hybridized carbons (Fsp3) is 0.214. The van der Waals surface area contributed by atoms with E-state index in [2.05, 4.69) is 10.4 Å². The first-order valence-electron chi connectivity index (χ1n) is 6.12. The number of hydrogen-bond donors (Lipinski definition) is 1. The van der Waals surface area contributed by atoms with E-state index in [9.17, 15) is 14.0 Å². The summed E-state index contributed by atoms with van der Waals surface area (Å²) in [6, 6.07) is 5.28. The predicted octanol–water partition coefficient (Wildman–Crippen LogP) is 2.16. The second kappa shape index (κ2) is 6.10. The summed E-state index contributed by atoms with van der Waals surface area (Å²) < 4.78 is 14.3. The highest BCUT2D eigenvalue weighted by Crippen LogP contribution is 2.09. The van der Waals surface area contributed by atoms with Crippen LogP contribution in [0.1, 0.15) is 23.2 Å². The van der Waals surface area contributed by atoms with Gasteiger partial charge in [0.05, 0.1) is 11.9 Å². The summed E-state index contributed by atoms with van der Waals surface area (Å²) in [5.74, 6) is -0.837. The zero-order chi connectivity index (χ0) is 14.5. The molecule has 1 aromatic heterocycles. The monoisotopic (exact) mass is 275 g/mol. The molecule has 1 N–H and O–H groups in total. The minimum absolute atomic E-state index is 0.0745. The van der Waals surface area contributed by atoms with Crippen LogP contribution in [0, 0.1) is 5.82 Å². The molecule has 1 aromatic carbocycles. The summed E-state index contributed by atoms with van der Waals surface area (Å²) in [5.41, 5.74) is 0.993. The Morgan fingerprint density at radius 1 is 1.25 bits per heavy atom. The van der Waals surface area contributed by atoms with Gasteiger partial charge in [-0.25, -0.2) is 4.39 Å². The van der Waals surface area contributed by atoms with Crippen LogP contribution in [0.25, 0.3) is 0 Å². The quantitative estimate of drug-likeness (QED) is 0.850. The number of ketones is 1. The largest absolute Gasteiger partial charge is 0.323 e. The summed E-state index contributed by atoms with van der Waals surface area (Å²) in [5, 5.41) is 6.56. The third kappa shape index (κ3) is 3.74. The van der Waals surface area contributed by atoms with Crippen LogP contribution in [0.4, 0.5) is 10.1 Å². The minimum Gasteiger partial charge on any atom is -0.323 e. The molecule has 0 aliphatic carbocycles. The Labute approximate surface area is 115 Å². The molecule has 0 spiro atoms. The average Bonchev–Trinajstić information content (AvgIpc) is 2.82. The lowest BCUT2D eigenvalue weighted by Gasteiger charge is -2.02. The average molecular weight is 275 g/mol. The Balaban J connectivity index is 1.84. The molecular formula is C14H14FN3O2. The van der Waals surface area contributed by atoms with Gasteiger partial charge in [0.1, 0.15) is 5.82 Å². The van der Waals surface area contributed by atoms with Crippen LogP contribution in [-0.4, -0.2) is 21.5 Å². The van der Waals surface area contributed by atoms with Crippen molar-refractivity contribution in [1.82, 2.24) is 9.78 Å². The molecule has 0 fully saturated rings. The van der Waals surface area contributed by atoms with Crippen molar-refractivity contribution in [3.8, 4) is 0 Å². The van der Waals surface area contributed by atoms with Crippen molar-refractivity contribution < 1.29 is 14.0 Å². The van der Waals surface area contributed by atoms with Crippen molar-refractivity contribution in [1.29, 1.82) is 0 Å². The maximum Gasteiger partial charge on any atom is 0.224 e. The van der Waals surface area contributed by atoms with E-state index in [1.807, 2.05) is 0 Å². The summed E-state index contributed by atoms with van der Waals surface area (Å²) in [6.07, 6.45) is 3.35. The molecular weight excluding hydrogens is 261 g/mol. The van der Waals surface area contributed by atoms with Crippen molar-refractivity contribution in [2.45, 2.75) is 12.8 Å². The lowest BCUT2D eigenvalue weighted by atomic mass is 10.1. The molecule has 0 bridgehead atoms. The molecule has 20 heavy (non-hydrogen) atoms. The number of anilines is 1. The number of nitrogens with one attached hydrogen (secondary N) is 1. The predicted molar refractivity (Wildman–Crippen MR) is 71.8 cm³/mol. The number of amides is 1. The van der Waals surface area contributed by atoms with Crippen molar-refractivity contribution >= 4 is 17.4 Å². The van der Waals surface area contributed by atoms with E-state index in [0.29, 0.717) is 11.3 Å². The topological polar surface area (TPSA) is 64.0 Å². The van der Waals surface area contributed by atoms with Gasteiger partial charge in [0.25, 0.3) is 0 Å². The Hall–Kier alpha value is -2.50. The number of halogens is 1. The van der Waals surface area contributed by atoms with Gasteiger partial charge in [-0.1, -0.05) is 0 Å². The van der Waals surface area contributed by atoms with Crippen LogP contribution < -0.4 is 5.32 Å². The van der Waals surface area contributed by atoms with E-state index >= 15 is 0 Å². The maximum absolute atomic E-state index is 12.7. The number of aryl methyl sites for hydroxylation is 1. The Bertz CT molecular complexity index is 620. The summed E-state index contributed by atoms with van der Waals surface area (Å²) in [7, 11) is 1.74. The smallest absolute Gasteiger partial charge is 0.224 e. The number of benzene rings is 1. The molecule has 2 aromatic rings. The molecule has 0 unspecified atom stereocenters. The van der Waals surface area contributed by atoms with Gasteiger partial charge in [0.2, 0.25) is 5.91 Å². The molecule has 5 nitrogen and oxygen atoms in total. The number of hydrogen-bond acceptors (Lipinski definition) is 3. The molecule has 2 rings (SSSR count). The third-order valence-corrected chi connectivity index (χ3v) is 2.73. The molecule has 1 amide bonds. The Morgan fingerprint density at radius 3 is 2.55 bits per heavy atom. The van der Waals surface area contributed by atoms with Crippen molar-refractivity contribution in [2.24, 2.45) is 7.05 Å². The first-order valence-corrected chi connectivity index (χ1v) is 6.12. The zero-order valence-electron chi connectivity index (χ0n) is 11.0. The van der Waals surface area contributed by atoms with Gasteiger partial charge in [-0.05, 0) is 24.3 Å². The van der Waals surface area contributed by atoms with E-state index in [1.165, 1.54) is 30.5 Å². The first kappa shape index (κ1) is 13.9. The molecule has 0 radical (unpaired) electrons. The lowest BCUT2D eigenvalue weighted by Crippen LogP contribution is -2.13. The Morgan fingerprint density at radius 2 is 1.95 bits per heavy atom. The number of nitrogens with zero attached hydrogens (tertiary/aromatic N) is 2. The van der Waals surface area contributed by atoms with Crippen molar-refractivity contribution in [3.05, 3.63) is 48.0 Å². The van der Waals surface area contributed by atoms with Gasteiger partial charge in [-0.3, -0.25) is 14.3 Å². The highest BCUT2D eigenvalue weighted by atomic mass is 19.1. The highest BCUT2D eigenvalue weighted by molar-refractivity contribution is 5.99. The normalized spacial score (nSPS) is 10.3. The van der Waals surface area contributed by atoms with Crippen LogP contribution in [0.5, 0.6) is 0 Å². The molecule has 0 atom stereocenters. The minimum atomic E-state index is -0.393. The van der Waals surface area contributed by atoms with E-state index in [-0.39, 0.29) is 24.5 Å². The van der Waals surface area contributed by atoms with Gasteiger partial charge < -0.3 is 5.32 Å². The van der Waals surface area contributed by atoms with Crippen molar-refractivity contribution in [2.75, 3.05) is 5.32 Å². The van der Waals surface area contributed by atoms with Gasteiger partial charge in [0, 0.05) is 31.6 Å². The molecule has 6 heteroatoms. The van der Waals surface area contributed by atoms with Gasteiger partial charge in [-0.15, -0.1) is 0 Å². The fourth-order valence-electron chi connectivity index (χ4n) is 1.72. The molecule has 0 aliphatic heterocycles. The molecule has 104 valence electrons. The number of Topliss-reactive ketones (excluding diaryl/α,β-unsaturated/α-hetero) is 1. The molecule has 1 heterocycles. The third-order valence-electron chi connectivity index (χ3n) is 2.73. The van der Waals surface area contributed by atoms with Crippen LogP contribution in [0.15, 0.2) is 36.7 Å². The molecule has 0 saturated heterocycles. The number of carbonyl (C=O) groups excluding carboxylic acids is 2. The summed E-state index contributed by atoms with van der Waals surface area (Å²) in [6.45, 7) is 0. The van der Waals surface area contributed by atoms with Crippen LogP contribution in [0.2, 0.25) is 0 Å². The van der Waals surface area contributed by atoms with Gasteiger partial charge in [0.15, 0.2) is 5.78 Å². The Kier molecular flexibility index (Phi) is 4.24. The van der Waals surface area contributed by atoms with E-state index in [0.717, 1.165) is 0 Å².